The summed E-state index contributed by atoms with van der Waals surface area (Å²) in [6, 6.07) is 17.0. The van der Waals surface area contributed by atoms with Gasteiger partial charge in [-0.15, -0.1) is 0 Å². The molecule has 0 aliphatic carbocycles. The lowest BCUT2D eigenvalue weighted by Crippen LogP contribution is -2.08. The van der Waals surface area contributed by atoms with Crippen molar-refractivity contribution in [2.75, 3.05) is 6.79 Å². The average Bonchev–Trinajstić information content (AvgIpc) is 3.33. The first-order chi connectivity index (χ1) is 14.6. The van der Waals surface area contributed by atoms with Crippen LogP contribution in [0.1, 0.15) is 26.3 Å². The fraction of sp³-hybridized carbons (Fsp3) is 0.0435. The van der Waals surface area contributed by atoms with Crippen LogP contribution in [0.2, 0.25) is 0 Å². The number of carbonyl (C=O) groups excluding carboxylic acids is 2. The normalized spacial score (nSPS) is 15.1. The molecule has 0 atom stereocenters. The molecule has 7 heteroatoms. The smallest absolute Gasteiger partial charge is 0.343 e. The Kier molecular flexibility index (Phi) is 4.52. The van der Waals surface area contributed by atoms with Gasteiger partial charge in [0.1, 0.15) is 11.5 Å². The minimum absolute atomic E-state index is 0.125. The number of fused-ring (bicyclic) bond motifs is 2. The van der Waals surface area contributed by atoms with Crippen molar-refractivity contribution < 1.29 is 28.5 Å². The number of halogens is 1. The number of ether oxygens (including phenoxy) is 4. The van der Waals surface area contributed by atoms with Gasteiger partial charge in [-0.2, -0.15) is 0 Å². The van der Waals surface area contributed by atoms with Crippen LogP contribution in [0.5, 0.6) is 23.0 Å². The number of ketones is 1. The number of allylic oxidation sites excluding steroid dienone is 1. The number of rotatable bonds is 3. The Morgan fingerprint density at radius 1 is 0.933 bits per heavy atom. The van der Waals surface area contributed by atoms with Gasteiger partial charge in [0, 0.05) is 10.5 Å². The summed E-state index contributed by atoms with van der Waals surface area (Å²) < 4.78 is 22.6. The van der Waals surface area contributed by atoms with Crippen molar-refractivity contribution in [1.29, 1.82) is 0 Å². The molecule has 2 aliphatic rings. The molecule has 0 unspecified atom stereocenters. The maximum absolute atomic E-state index is 12.6. The third-order valence-electron chi connectivity index (χ3n) is 4.63. The largest absolute Gasteiger partial charge is 0.454 e. The molecule has 0 saturated carbocycles. The first kappa shape index (κ1) is 18.4. The van der Waals surface area contributed by atoms with Crippen LogP contribution in [0.3, 0.4) is 0 Å². The molecular weight excluding hydrogens is 452 g/mol. The molecule has 6 nitrogen and oxygen atoms in total. The first-order valence-electron chi connectivity index (χ1n) is 9.02. The molecule has 3 aromatic carbocycles. The summed E-state index contributed by atoms with van der Waals surface area (Å²) in [4.78, 5) is 25.1. The van der Waals surface area contributed by atoms with Crippen molar-refractivity contribution in [1.82, 2.24) is 0 Å². The lowest BCUT2D eigenvalue weighted by Gasteiger charge is -2.06. The fourth-order valence-corrected chi connectivity index (χ4v) is 3.39. The van der Waals surface area contributed by atoms with Crippen LogP contribution in [0.4, 0.5) is 0 Å². The molecule has 0 aromatic heterocycles. The zero-order chi connectivity index (χ0) is 20.7. The fourth-order valence-electron chi connectivity index (χ4n) is 3.13. The first-order valence-corrected chi connectivity index (χ1v) is 9.82. The van der Waals surface area contributed by atoms with Gasteiger partial charge in [0.2, 0.25) is 12.6 Å². The quantitative estimate of drug-likeness (QED) is 0.308. The van der Waals surface area contributed by atoms with E-state index >= 15 is 0 Å². The van der Waals surface area contributed by atoms with E-state index in [2.05, 4.69) is 15.9 Å². The third kappa shape index (κ3) is 3.44. The van der Waals surface area contributed by atoms with Gasteiger partial charge in [0.05, 0.1) is 11.1 Å². The second-order valence-electron chi connectivity index (χ2n) is 6.61. The van der Waals surface area contributed by atoms with E-state index in [0.29, 0.717) is 28.4 Å². The van der Waals surface area contributed by atoms with E-state index in [-0.39, 0.29) is 24.1 Å². The summed E-state index contributed by atoms with van der Waals surface area (Å²) in [5.74, 6) is 1.14. The number of esters is 1. The van der Waals surface area contributed by atoms with Gasteiger partial charge in [-0.05, 0) is 54.1 Å². The van der Waals surface area contributed by atoms with Gasteiger partial charge in [-0.25, -0.2) is 4.79 Å². The number of Topliss-reactive ketones (excluding diaryl/α,β-unsaturated/α-hetero) is 1. The van der Waals surface area contributed by atoms with Gasteiger partial charge in [0.25, 0.3) is 0 Å². The zero-order valence-electron chi connectivity index (χ0n) is 15.4. The molecule has 0 spiro atoms. The molecule has 0 radical (unpaired) electrons. The van der Waals surface area contributed by atoms with E-state index in [0.717, 1.165) is 10.0 Å². The van der Waals surface area contributed by atoms with Gasteiger partial charge >= 0.3 is 5.97 Å². The van der Waals surface area contributed by atoms with E-state index in [1.165, 1.54) is 6.07 Å². The highest BCUT2D eigenvalue weighted by Crippen LogP contribution is 2.36. The van der Waals surface area contributed by atoms with Crippen LogP contribution in [0, 0.1) is 0 Å². The minimum atomic E-state index is -0.553. The maximum Gasteiger partial charge on any atom is 0.343 e. The summed E-state index contributed by atoms with van der Waals surface area (Å²) in [6.45, 7) is 0.125. The van der Waals surface area contributed by atoms with Crippen molar-refractivity contribution in [2.24, 2.45) is 0 Å². The highest BCUT2D eigenvalue weighted by atomic mass is 79.9. The predicted molar refractivity (Wildman–Crippen MR) is 111 cm³/mol. The summed E-state index contributed by atoms with van der Waals surface area (Å²) in [5, 5.41) is 0. The highest BCUT2D eigenvalue weighted by Gasteiger charge is 2.28. The Labute approximate surface area is 179 Å². The lowest BCUT2D eigenvalue weighted by atomic mass is 10.1. The molecule has 0 fully saturated rings. The number of hydrogen-bond acceptors (Lipinski definition) is 6. The van der Waals surface area contributed by atoms with Gasteiger partial charge in [-0.3, -0.25) is 4.79 Å². The van der Waals surface area contributed by atoms with Crippen LogP contribution >= 0.6 is 15.9 Å². The van der Waals surface area contributed by atoms with Gasteiger partial charge < -0.3 is 18.9 Å². The van der Waals surface area contributed by atoms with Crippen LogP contribution in [0.25, 0.3) is 6.08 Å². The standard InChI is InChI=1S/C23H13BrO6/c24-15-4-1-13(2-5-15)9-21-22(25)17-7-6-16(11-19(17)30-21)29-23(26)14-3-8-18-20(10-14)28-12-27-18/h1-11H,12H2. The Morgan fingerprint density at radius 3 is 2.57 bits per heavy atom. The molecule has 0 bridgehead atoms. The molecule has 30 heavy (non-hydrogen) atoms. The number of carbonyl (C=O) groups is 2. The van der Waals surface area contributed by atoms with Gasteiger partial charge in [-0.1, -0.05) is 28.1 Å². The van der Waals surface area contributed by atoms with Crippen molar-refractivity contribution in [3.63, 3.8) is 0 Å². The molecule has 3 aromatic rings. The minimum Gasteiger partial charge on any atom is -0.454 e. The number of benzene rings is 3. The molecular formula is C23H13BrO6. The van der Waals surface area contributed by atoms with Crippen LogP contribution < -0.4 is 18.9 Å². The van der Waals surface area contributed by atoms with Crippen LogP contribution in [-0.4, -0.2) is 18.5 Å². The van der Waals surface area contributed by atoms with Crippen molar-refractivity contribution in [3.8, 4) is 23.0 Å². The third-order valence-corrected chi connectivity index (χ3v) is 5.16. The Bertz CT molecular complexity index is 1210. The van der Waals surface area contributed by atoms with Crippen molar-refractivity contribution in [3.05, 3.63) is 87.6 Å². The summed E-state index contributed by atoms with van der Waals surface area (Å²) in [6.07, 6.45) is 1.67. The van der Waals surface area contributed by atoms with Crippen LogP contribution in [0.15, 0.2) is 70.9 Å². The van der Waals surface area contributed by atoms with Crippen molar-refractivity contribution >= 4 is 33.8 Å². The second-order valence-corrected chi connectivity index (χ2v) is 7.52. The molecule has 0 N–H and O–H groups in total. The Morgan fingerprint density at radius 2 is 1.73 bits per heavy atom. The van der Waals surface area contributed by atoms with Crippen molar-refractivity contribution in [2.45, 2.75) is 0 Å². The summed E-state index contributed by atoms with van der Waals surface area (Å²) >= 11 is 3.38. The van der Waals surface area contributed by atoms with E-state index in [4.69, 9.17) is 18.9 Å². The molecule has 2 aliphatic heterocycles. The average molecular weight is 465 g/mol. The molecule has 0 amide bonds. The zero-order valence-corrected chi connectivity index (χ0v) is 17.0. The maximum atomic E-state index is 12.6. The predicted octanol–water partition coefficient (Wildman–Crippen LogP) is 5.01. The van der Waals surface area contributed by atoms with E-state index in [1.54, 1.807) is 36.4 Å². The SMILES string of the molecule is O=C(Oc1ccc2c(c1)OC(=Cc1ccc(Br)cc1)C2=O)c1ccc2c(c1)OCO2. The van der Waals surface area contributed by atoms with E-state index < -0.39 is 5.97 Å². The second kappa shape index (κ2) is 7.35. The van der Waals surface area contributed by atoms with Crippen LogP contribution in [-0.2, 0) is 0 Å². The van der Waals surface area contributed by atoms with E-state index in [9.17, 15) is 9.59 Å². The molecule has 2 heterocycles. The molecule has 0 saturated heterocycles. The monoisotopic (exact) mass is 464 g/mol. The number of hydrogen-bond donors (Lipinski definition) is 0. The lowest BCUT2D eigenvalue weighted by molar-refractivity contribution is 0.0734. The Hall–Kier alpha value is -3.58. The molecule has 5 rings (SSSR count). The topological polar surface area (TPSA) is 71.1 Å². The van der Waals surface area contributed by atoms with Gasteiger partial charge in [0.15, 0.2) is 17.3 Å². The summed E-state index contributed by atoms with van der Waals surface area (Å²) in [5.41, 5.74) is 1.58. The summed E-state index contributed by atoms with van der Waals surface area (Å²) in [7, 11) is 0. The van der Waals surface area contributed by atoms with E-state index in [1.807, 2.05) is 24.3 Å². The highest BCUT2D eigenvalue weighted by molar-refractivity contribution is 9.10. The molecule has 148 valence electrons. The Balaban J connectivity index is 1.35.